The van der Waals surface area contributed by atoms with Crippen molar-refractivity contribution in [3.05, 3.63) is 35.9 Å². The molecule has 31 heavy (non-hydrogen) atoms. The second kappa shape index (κ2) is 11.9. The average molecular weight is 435 g/mol. The van der Waals surface area contributed by atoms with Crippen LogP contribution in [0.25, 0.3) is 0 Å². The van der Waals surface area contributed by atoms with Crippen molar-refractivity contribution in [3.8, 4) is 0 Å². The molecule has 3 atom stereocenters. The molecule has 0 spiro atoms. The van der Waals surface area contributed by atoms with E-state index in [-0.39, 0.29) is 30.6 Å². The van der Waals surface area contributed by atoms with Gasteiger partial charge in [0.2, 0.25) is 11.8 Å². The minimum absolute atomic E-state index is 0.107. The van der Waals surface area contributed by atoms with Gasteiger partial charge in [-0.1, -0.05) is 44.2 Å². The second-order valence-corrected chi connectivity index (χ2v) is 8.49. The molecule has 0 unspecified atom stereocenters. The van der Waals surface area contributed by atoms with E-state index in [0.717, 1.165) is 12.8 Å². The van der Waals surface area contributed by atoms with Crippen molar-refractivity contribution in [3.63, 3.8) is 0 Å². The highest BCUT2D eigenvalue weighted by Gasteiger charge is 2.54. The number of aliphatic hydroxyl groups is 2. The Morgan fingerprint density at radius 2 is 1.74 bits per heavy atom. The Kier molecular flexibility index (Phi) is 9.61. The van der Waals surface area contributed by atoms with Crippen LogP contribution in [0.4, 0.5) is 0 Å². The monoisotopic (exact) mass is 434 g/mol. The number of Topliss-reactive ketones (excluding diaryl/α,β-unsaturated/α-hetero) is 1. The molecule has 0 radical (unpaired) electrons. The van der Waals surface area contributed by atoms with Crippen molar-refractivity contribution in [1.82, 2.24) is 10.6 Å². The smallest absolute Gasteiger partial charge is 0.245 e. The molecule has 1 saturated heterocycles. The third-order valence-electron chi connectivity index (χ3n) is 5.33. The van der Waals surface area contributed by atoms with Crippen molar-refractivity contribution < 1.29 is 29.3 Å². The lowest BCUT2D eigenvalue weighted by Gasteiger charge is -2.24. The van der Waals surface area contributed by atoms with Gasteiger partial charge in [-0.25, -0.2) is 0 Å². The SMILES string of the molecule is CC(C)C[C@H](NC(=O)[C@H](CO)NC(=O)CCCCc1ccccc1)C(=O)[C@]1(CO)CO1. The van der Waals surface area contributed by atoms with Crippen LogP contribution in [0.2, 0.25) is 0 Å². The highest BCUT2D eigenvalue weighted by molar-refractivity contribution is 5.98. The normalized spacial score (nSPS) is 19.5. The topological polar surface area (TPSA) is 128 Å². The molecular formula is C23H34N2O6. The van der Waals surface area contributed by atoms with E-state index in [0.29, 0.717) is 12.8 Å². The van der Waals surface area contributed by atoms with Crippen LogP contribution in [-0.4, -0.2) is 65.3 Å². The summed E-state index contributed by atoms with van der Waals surface area (Å²) in [6, 6.07) is 7.97. The number of unbranched alkanes of at least 4 members (excludes halogenated alkanes) is 1. The predicted octanol–water partition coefficient (Wildman–Crippen LogP) is 0.738. The quantitative estimate of drug-likeness (QED) is 0.253. The highest BCUT2D eigenvalue weighted by Crippen LogP contribution is 2.30. The lowest BCUT2D eigenvalue weighted by atomic mass is 9.92. The first kappa shape index (κ1) is 25.0. The number of amides is 2. The summed E-state index contributed by atoms with van der Waals surface area (Å²) < 4.78 is 5.12. The molecule has 172 valence electrons. The van der Waals surface area contributed by atoms with Crippen LogP contribution in [-0.2, 0) is 25.5 Å². The number of carbonyl (C=O) groups excluding carboxylic acids is 3. The van der Waals surface area contributed by atoms with Crippen LogP contribution in [0.5, 0.6) is 0 Å². The Bertz CT molecular complexity index is 733. The number of aliphatic hydroxyl groups excluding tert-OH is 2. The fourth-order valence-corrected chi connectivity index (χ4v) is 3.41. The summed E-state index contributed by atoms with van der Waals surface area (Å²) in [7, 11) is 0. The summed E-state index contributed by atoms with van der Waals surface area (Å²) in [5.74, 6) is -1.24. The molecule has 4 N–H and O–H groups in total. The average Bonchev–Trinajstić information content (AvgIpc) is 3.55. The Hall–Kier alpha value is -2.29. The van der Waals surface area contributed by atoms with Gasteiger partial charge in [0, 0.05) is 6.42 Å². The molecule has 0 saturated carbocycles. The Morgan fingerprint density at radius 3 is 2.29 bits per heavy atom. The van der Waals surface area contributed by atoms with E-state index in [9.17, 15) is 24.6 Å². The summed E-state index contributed by atoms with van der Waals surface area (Å²) in [6.45, 7) is 2.92. The van der Waals surface area contributed by atoms with Gasteiger partial charge in [0.05, 0.1) is 25.9 Å². The minimum atomic E-state index is -1.25. The molecule has 1 heterocycles. The first-order valence-electron chi connectivity index (χ1n) is 10.8. The summed E-state index contributed by atoms with van der Waals surface area (Å²) in [6.07, 6.45) is 2.96. The predicted molar refractivity (Wildman–Crippen MR) is 115 cm³/mol. The first-order chi connectivity index (χ1) is 14.8. The van der Waals surface area contributed by atoms with E-state index >= 15 is 0 Å². The van der Waals surface area contributed by atoms with E-state index in [4.69, 9.17) is 4.74 Å². The summed E-state index contributed by atoms with van der Waals surface area (Å²) >= 11 is 0. The molecule has 1 aliphatic rings. The third kappa shape index (κ3) is 7.72. The first-order valence-corrected chi connectivity index (χ1v) is 10.8. The van der Waals surface area contributed by atoms with Crippen molar-refractivity contribution in [2.24, 2.45) is 5.92 Å². The summed E-state index contributed by atoms with van der Waals surface area (Å²) in [4.78, 5) is 37.5. The number of rotatable bonds is 14. The molecule has 8 heteroatoms. The van der Waals surface area contributed by atoms with Gasteiger partial charge in [-0.2, -0.15) is 0 Å². The van der Waals surface area contributed by atoms with Gasteiger partial charge < -0.3 is 25.6 Å². The van der Waals surface area contributed by atoms with Crippen molar-refractivity contribution >= 4 is 17.6 Å². The van der Waals surface area contributed by atoms with Gasteiger partial charge >= 0.3 is 0 Å². The molecule has 2 amide bonds. The van der Waals surface area contributed by atoms with E-state index in [1.165, 1.54) is 5.56 Å². The zero-order valence-corrected chi connectivity index (χ0v) is 18.3. The van der Waals surface area contributed by atoms with Gasteiger partial charge in [-0.15, -0.1) is 0 Å². The molecule has 1 aromatic rings. The summed E-state index contributed by atoms with van der Waals surface area (Å²) in [5.41, 5.74) is -0.0412. The maximum absolute atomic E-state index is 12.7. The molecule has 8 nitrogen and oxygen atoms in total. The maximum Gasteiger partial charge on any atom is 0.245 e. The zero-order valence-electron chi connectivity index (χ0n) is 18.3. The molecule has 1 aromatic carbocycles. The van der Waals surface area contributed by atoms with Crippen molar-refractivity contribution in [2.45, 2.75) is 63.6 Å². The fourth-order valence-electron chi connectivity index (χ4n) is 3.41. The Morgan fingerprint density at radius 1 is 1.06 bits per heavy atom. The van der Waals surface area contributed by atoms with Gasteiger partial charge in [-0.05, 0) is 37.2 Å². The van der Waals surface area contributed by atoms with Gasteiger partial charge in [0.1, 0.15) is 6.04 Å². The number of aryl methyl sites for hydroxylation is 1. The molecule has 1 aliphatic heterocycles. The number of hydrogen-bond donors (Lipinski definition) is 4. The van der Waals surface area contributed by atoms with Gasteiger partial charge in [0.25, 0.3) is 0 Å². The number of ketones is 1. The summed E-state index contributed by atoms with van der Waals surface area (Å²) in [5, 5.41) is 24.2. The number of epoxide rings is 1. The fraction of sp³-hybridized carbons (Fsp3) is 0.609. The van der Waals surface area contributed by atoms with Crippen LogP contribution < -0.4 is 10.6 Å². The van der Waals surface area contributed by atoms with Crippen LogP contribution in [0.3, 0.4) is 0 Å². The van der Waals surface area contributed by atoms with Crippen LogP contribution in [0.1, 0.15) is 45.1 Å². The van der Waals surface area contributed by atoms with Gasteiger partial charge in [0.15, 0.2) is 11.4 Å². The van der Waals surface area contributed by atoms with Crippen LogP contribution >= 0.6 is 0 Å². The molecule has 0 aromatic heterocycles. The van der Waals surface area contributed by atoms with Gasteiger partial charge in [-0.3, -0.25) is 14.4 Å². The molecule has 0 aliphatic carbocycles. The Labute approximate surface area is 183 Å². The van der Waals surface area contributed by atoms with Crippen molar-refractivity contribution in [1.29, 1.82) is 0 Å². The zero-order chi connectivity index (χ0) is 22.9. The largest absolute Gasteiger partial charge is 0.394 e. The van der Waals surface area contributed by atoms with Crippen LogP contribution in [0.15, 0.2) is 30.3 Å². The van der Waals surface area contributed by atoms with E-state index < -0.39 is 36.8 Å². The minimum Gasteiger partial charge on any atom is -0.394 e. The lowest BCUT2D eigenvalue weighted by molar-refractivity contribution is -0.134. The lowest BCUT2D eigenvalue weighted by Crippen LogP contribution is -2.55. The van der Waals surface area contributed by atoms with Crippen LogP contribution in [0, 0.1) is 5.92 Å². The highest BCUT2D eigenvalue weighted by atomic mass is 16.6. The van der Waals surface area contributed by atoms with E-state index in [1.54, 1.807) is 0 Å². The molecule has 0 bridgehead atoms. The molecule has 2 rings (SSSR count). The van der Waals surface area contributed by atoms with E-state index in [1.807, 2.05) is 44.2 Å². The standard InChI is InChI=1S/C23H34N2O6/c1-16(2)12-18(21(29)23(14-27)15-31-23)25-22(30)19(13-26)24-20(28)11-7-6-10-17-8-4-3-5-9-17/h3-5,8-9,16,18-19,26-27H,6-7,10-15H2,1-2H3,(H,24,28)(H,25,30)/t18-,19-,23-/m0/s1. The number of ether oxygens (including phenoxy) is 1. The molecular weight excluding hydrogens is 400 g/mol. The molecule has 1 fully saturated rings. The van der Waals surface area contributed by atoms with Crippen molar-refractivity contribution in [2.75, 3.05) is 19.8 Å². The number of nitrogens with one attached hydrogen (secondary N) is 2. The number of hydrogen-bond acceptors (Lipinski definition) is 6. The maximum atomic E-state index is 12.7. The number of carbonyl (C=O) groups is 3. The Balaban J connectivity index is 1.82. The number of benzene rings is 1. The van der Waals surface area contributed by atoms with E-state index in [2.05, 4.69) is 10.6 Å². The second-order valence-electron chi connectivity index (χ2n) is 8.49. The third-order valence-corrected chi connectivity index (χ3v) is 5.33.